The number of morpholine rings is 1. The first-order valence-corrected chi connectivity index (χ1v) is 11.1. The molecule has 0 spiro atoms. The Balaban J connectivity index is 2.01. The summed E-state index contributed by atoms with van der Waals surface area (Å²) in [6.45, 7) is 7.03. The molecular weight excluding hydrogens is 342 g/mol. The summed E-state index contributed by atoms with van der Waals surface area (Å²) in [5, 5.41) is 0. The van der Waals surface area contributed by atoms with E-state index in [-0.39, 0.29) is 44.1 Å². The number of hydrogen-bond donors (Lipinski definition) is 0. The SMILES string of the molecule is CCCS(=O)(=O)N1CCN(S(=O)(=O)N2CC(C)OC(C)C2)CC1. The van der Waals surface area contributed by atoms with Gasteiger partial charge in [0.25, 0.3) is 10.2 Å². The molecule has 2 aliphatic heterocycles. The van der Waals surface area contributed by atoms with Crippen LogP contribution in [0.25, 0.3) is 0 Å². The van der Waals surface area contributed by atoms with Crippen molar-refractivity contribution in [2.45, 2.75) is 39.4 Å². The van der Waals surface area contributed by atoms with E-state index in [9.17, 15) is 16.8 Å². The van der Waals surface area contributed by atoms with Crippen molar-refractivity contribution in [2.24, 2.45) is 0 Å². The Morgan fingerprint density at radius 2 is 1.35 bits per heavy atom. The Morgan fingerprint density at radius 1 is 0.870 bits per heavy atom. The maximum atomic E-state index is 12.7. The summed E-state index contributed by atoms with van der Waals surface area (Å²) in [7, 11) is -6.83. The molecule has 136 valence electrons. The summed E-state index contributed by atoms with van der Waals surface area (Å²) < 4.78 is 59.4. The highest BCUT2D eigenvalue weighted by molar-refractivity contribution is 7.89. The fraction of sp³-hybridized carbons (Fsp3) is 1.00. The molecule has 2 heterocycles. The molecule has 2 unspecified atom stereocenters. The maximum absolute atomic E-state index is 12.7. The van der Waals surface area contributed by atoms with Crippen molar-refractivity contribution >= 4 is 20.2 Å². The number of sulfonamides is 1. The van der Waals surface area contributed by atoms with E-state index in [1.54, 1.807) is 0 Å². The first-order valence-electron chi connectivity index (χ1n) is 8.05. The molecule has 2 atom stereocenters. The lowest BCUT2D eigenvalue weighted by Gasteiger charge is -2.39. The zero-order valence-corrected chi connectivity index (χ0v) is 15.6. The largest absolute Gasteiger partial charge is 0.373 e. The number of piperazine rings is 1. The van der Waals surface area contributed by atoms with Gasteiger partial charge in [0, 0.05) is 39.3 Å². The van der Waals surface area contributed by atoms with Gasteiger partial charge in [0.05, 0.1) is 18.0 Å². The molecular formula is C13H27N3O5S2. The summed E-state index contributed by atoms with van der Waals surface area (Å²) in [5.41, 5.74) is 0. The summed E-state index contributed by atoms with van der Waals surface area (Å²) in [4.78, 5) is 0. The van der Waals surface area contributed by atoms with E-state index < -0.39 is 20.2 Å². The molecule has 23 heavy (non-hydrogen) atoms. The second-order valence-corrected chi connectivity index (χ2v) is 10.2. The van der Waals surface area contributed by atoms with Crippen molar-refractivity contribution in [2.75, 3.05) is 45.0 Å². The molecule has 0 amide bonds. The highest BCUT2D eigenvalue weighted by Crippen LogP contribution is 2.19. The first-order chi connectivity index (χ1) is 10.7. The fourth-order valence-corrected chi connectivity index (χ4v) is 6.29. The zero-order chi connectivity index (χ0) is 17.3. The van der Waals surface area contributed by atoms with Crippen LogP contribution in [0.2, 0.25) is 0 Å². The van der Waals surface area contributed by atoms with Crippen LogP contribution in [-0.2, 0) is 25.0 Å². The standard InChI is InChI=1S/C13H27N3O5S2/c1-4-9-22(17,18)14-5-7-15(8-6-14)23(19,20)16-10-12(2)21-13(3)11-16/h12-13H,4-11H2,1-3H3. The summed E-state index contributed by atoms with van der Waals surface area (Å²) in [6, 6.07) is 0. The molecule has 0 aromatic carbocycles. The Hall–Kier alpha value is -0.260. The van der Waals surface area contributed by atoms with E-state index >= 15 is 0 Å². The molecule has 0 bridgehead atoms. The predicted molar refractivity (Wildman–Crippen MR) is 87.7 cm³/mol. The van der Waals surface area contributed by atoms with Crippen LogP contribution in [0, 0.1) is 0 Å². The Morgan fingerprint density at radius 3 is 1.83 bits per heavy atom. The van der Waals surface area contributed by atoms with Crippen molar-refractivity contribution < 1.29 is 21.6 Å². The highest BCUT2D eigenvalue weighted by Gasteiger charge is 2.38. The van der Waals surface area contributed by atoms with Gasteiger partial charge in [-0.3, -0.25) is 0 Å². The molecule has 8 nitrogen and oxygen atoms in total. The van der Waals surface area contributed by atoms with E-state index in [2.05, 4.69) is 0 Å². The van der Waals surface area contributed by atoms with Crippen molar-refractivity contribution in [3.63, 3.8) is 0 Å². The third-order valence-electron chi connectivity index (χ3n) is 4.09. The van der Waals surface area contributed by atoms with Gasteiger partial charge in [-0.05, 0) is 20.3 Å². The lowest BCUT2D eigenvalue weighted by atomic mass is 10.3. The molecule has 0 aromatic heterocycles. The van der Waals surface area contributed by atoms with Crippen LogP contribution in [0.15, 0.2) is 0 Å². The molecule has 10 heteroatoms. The van der Waals surface area contributed by atoms with Gasteiger partial charge < -0.3 is 4.74 Å². The zero-order valence-electron chi connectivity index (χ0n) is 14.0. The van der Waals surface area contributed by atoms with Gasteiger partial charge in [0.15, 0.2) is 0 Å². The van der Waals surface area contributed by atoms with Crippen LogP contribution in [0.5, 0.6) is 0 Å². The van der Waals surface area contributed by atoms with Crippen LogP contribution in [-0.4, -0.2) is 87.0 Å². The second-order valence-electron chi connectivity index (χ2n) is 6.20. The molecule has 0 aromatic rings. The van der Waals surface area contributed by atoms with Crippen molar-refractivity contribution in [1.29, 1.82) is 0 Å². The van der Waals surface area contributed by atoms with E-state index in [1.807, 2.05) is 20.8 Å². The lowest BCUT2D eigenvalue weighted by Crippen LogP contribution is -2.57. The minimum Gasteiger partial charge on any atom is -0.373 e. The normalized spacial score (nSPS) is 29.7. The number of nitrogens with zero attached hydrogens (tertiary/aromatic N) is 3. The number of rotatable bonds is 5. The van der Waals surface area contributed by atoms with Gasteiger partial charge in [0.2, 0.25) is 10.0 Å². The topological polar surface area (TPSA) is 87.2 Å². The van der Waals surface area contributed by atoms with Gasteiger partial charge in [-0.2, -0.15) is 21.3 Å². The Kier molecular flexibility index (Phi) is 6.07. The Bertz CT molecular complexity index is 589. The summed E-state index contributed by atoms with van der Waals surface area (Å²) >= 11 is 0. The Labute approximate surface area is 139 Å². The predicted octanol–water partition coefficient (Wildman–Crippen LogP) is -0.302. The van der Waals surface area contributed by atoms with Crippen LogP contribution in [0.3, 0.4) is 0 Å². The van der Waals surface area contributed by atoms with E-state index in [4.69, 9.17) is 4.74 Å². The summed E-state index contributed by atoms with van der Waals surface area (Å²) in [5.74, 6) is 0.109. The van der Waals surface area contributed by atoms with E-state index in [0.29, 0.717) is 19.5 Å². The van der Waals surface area contributed by atoms with Crippen molar-refractivity contribution in [1.82, 2.24) is 12.9 Å². The third-order valence-corrected chi connectivity index (χ3v) is 8.14. The minimum absolute atomic E-state index is 0.109. The minimum atomic E-state index is -3.57. The smallest absolute Gasteiger partial charge is 0.282 e. The van der Waals surface area contributed by atoms with Gasteiger partial charge in [0.1, 0.15) is 0 Å². The fourth-order valence-electron chi connectivity index (χ4n) is 3.05. The van der Waals surface area contributed by atoms with E-state index in [0.717, 1.165) is 0 Å². The van der Waals surface area contributed by atoms with Gasteiger partial charge >= 0.3 is 0 Å². The van der Waals surface area contributed by atoms with E-state index in [1.165, 1.54) is 12.9 Å². The van der Waals surface area contributed by atoms with Crippen LogP contribution < -0.4 is 0 Å². The van der Waals surface area contributed by atoms with Gasteiger partial charge in [-0.1, -0.05) is 6.92 Å². The molecule has 2 fully saturated rings. The first kappa shape index (κ1) is 19.1. The average molecular weight is 370 g/mol. The summed E-state index contributed by atoms with van der Waals surface area (Å²) in [6.07, 6.45) is 0.282. The monoisotopic (exact) mass is 369 g/mol. The highest BCUT2D eigenvalue weighted by atomic mass is 32.2. The van der Waals surface area contributed by atoms with Crippen molar-refractivity contribution in [3.05, 3.63) is 0 Å². The van der Waals surface area contributed by atoms with Crippen LogP contribution >= 0.6 is 0 Å². The average Bonchev–Trinajstić information content (AvgIpc) is 2.46. The lowest BCUT2D eigenvalue weighted by molar-refractivity contribution is -0.0456. The second kappa shape index (κ2) is 7.32. The molecule has 0 saturated carbocycles. The third kappa shape index (κ3) is 4.43. The van der Waals surface area contributed by atoms with Crippen LogP contribution in [0.1, 0.15) is 27.2 Å². The van der Waals surface area contributed by atoms with Crippen molar-refractivity contribution in [3.8, 4) is 0 Å². The van der Waals surface area contributed by atoms with Crippen LogP contribution in [0.4, 0.5) is 0 Å². The molecule has 0 N–H and O–H groups in total. The molecule has 2 aliphatic rings. The molecule has 2 rings (SSSR count). The molecule has 2 saturated heterocycles. The van der Waals surface area contributed by atoms with Gasteiger partial charge in [-0.25, -0.2) is 8.42 Å². The molecule has 0 radical (unpaired) electrons. The molecule has 0 aliphatic carbocycles. The quantitative estimate of drug-likeness (QED) is 0.664. The van der Waals surface area contributed by atoms with Gasteiger partial charge in [-0.15, -0.1) is 0 Å². The number of hydrogen-bond acceptors (Lipinski definition) is 5. The maximum Gasteiger partial charge on any atom is 0.282 e. The number of ether oxygens (including phenoxy) is 1.